The van der Waals surface area contributed by atoms with E-state index < -0.39 is 0 Å². The lowest BCUT2D eigenvalue weighted by Gasteiger charge is -2.05. The molecule has 1 aromatic rings. The van der Waals surface area contributed by atoms with Gasteiger partial charge in [-0.25, -0.2) is 0 Å². The van der Waals surface area contributed by atoms with Gasteiger partial charge in [0.25, 0.3) is 0 Å². The summed E-state index contributed by atoms with van der Waals surface area (Å²) in [6.07, 6.45) is 7.18. The van der Waals surface area contributed by atoms with E-state index in [0.29, 0.717) is 0 Å². The molecule has 0 spiro atoms. The Bertz CT molecular complexity index is 314. The maximum atomic E-state index is 5.15. The van der Waals surface area contributed by atoms with Crippen LogP contribution in [0.25, 0.3) is 6.08 Å². The zero-order valence-electron chi connectivity index (χ0n) is 10.6. The molecule has 0 N–H and O–H groups in total. The van der Waals surface area contributed by atoms with Crippen molar-refractivity contribution in [3.8, 4) is 5.75 Å². The number of allylic oxidation sites excluding steroid dienone is 1. The molecule has 88 valence electrons. The lowest BCUT2D eigenvalue weighted by atomic mass is 10.0. The molecule has 0 amide bonds. The molecule has 0 aromatic heterocycles. The highest BCUT2D eigenvalue weighted by Gasteiger charge is 1.96. The van der Waals surface area contributed by atoms with Crippen LogP contribution in [-0.2, 0) is 0 Å². The number of hydrogen-bond donors (Lipinski definition) is 0. The van der Waals surface area contributed by atoms with Crippen molar-refractivity contribution in [2.45, 2.75) is 39.5 Å². The SMILES string of the molecule is CCCC(=Cc1ccc(OC)cc1)CCC. The molecule has 0 fully saturated rings. The molecule has 1 nitrogen and oxygen atoms in total. The summed E-state index contributed by atoms with van der Waals surface area (Å²) in [5.74, 6) is 0.921. The summed E-state index contributed by atoms with van der Waals surface area (Å²) < 4.78 is 5.15. The summed E-state index contributed by atoms with van der Waals surface area (Å²) in [5, 5.41) is 0. The van der Waals surface area contributed by atoms with Crippen molar-refractivity contribution >= 4 is 6.08 Å². The van der Waals surface area contributed by atoms with Gasteiger partial charge < -0.3 is 4.74 Å². The molecule has 0 heterocycles. The topological polar surface area (TPSA) is 9.23 Å². The summed E-state index contributed by atoms with van der Waals surface area (Å²) in [7, 11) is 1.70. The second-order valence-electron chi connectivity index (χ2n) is 4.08. The normalized spacial score (nSPS) is 9.94. The fourth-order valence-corrected chi connectivity index (χ4v) is 1.85. The van der Waals surface area contributed by atoms with Crippen LogP contribution in [-0.4, -0.2) is 7.11 Å². The van der Waals surface area contributed by atoms with Gasteiger partial charge in [0.1, 0.15) is 5.75 Å². The van der Waals surface area contributed by atoms with Crippen LogP contribution in [0.1, 0.15) is 45.1 Å². The standard InChI is InChI=1S/C15H22O/c1-4-6-13(7-5-2)12-14-8-10-15(16-3)11-9-14/h8-12H,4-7H2,1-3H3. The van der Waals surface area contributed by atoms with Gasteiger partial charge in [-0.3, -0.25) is 0 Å². The maximum absolute atomic E-state index is 5.15. The van der Waals surface area contributed by atoms with Crippen molar-refractivity contribution in [1.82, 2.24) is 0 Å². The van der Waals surface area contributed by atoms with Gasteiger partial charge in [0.2, 0.25) is 0 Å². The largest absolute Gasteiger partial charge is 0.497 e. The molecular weight excluding hydrogens is 196 g/mol. The third-order valence-electron chi connectivity index (χ3n) is 2.63. The van der Waals surface area contributed by atoms with Crippen LogP contribution in [0, 0.1) is 0 Å². The molecule has 1 rings (SSSR count). The summed E-state index contributed by atoms with van der Waals surface area (Å²) in [4.78, 5) is 0. The van der Waals surface area contributed by atoms with E-state index in [1.54, 1.807) is 12.7 Å². The monoisotopic (exact) mass is 218 g/mol. The Morgan fingerprint density at radius 2 is 1.62 bits per heavy atom. The molecule has 0 aliphatic heterocycles. The lowest BCUT2D eigenvalue weighted by molar-refractivity contribution is 0.415. The number of benzene rings is 1. The van der Waals surface area contributed by atoms with E-state index in [1.165, 1.54) is 31.2 Å². The first-order valence-electron chi connectivity index (χ1n) is 6.13. The molecule has 0 saturated carbocycles. The first-order valence-corrected chi connectivity index (χ1v) is 6.13. The minimum Gasteiger partial charge on any atom is -0.497 e. The quantitative estimate of drug-likeness (QED) is 0.673. The van der Waals surface area contributed by atoms with Crippen molar-refractivity contribution in [1.29, 1.82) is 0 Å². The van der Waals surface area contributed by atoms with Crippen LogP contribution < -0.4 is 4.74 Å². The van der Waals surface area contributed by atoms with E-state index in [9.17, 15) is 0 Å². The van der Waals surface area contributed by atoms with Crippen LogP contribution in [0.3, 0.4) is 0 Å². The van der Waals surface area contributed by atoms with Gasteiger partial charge in [0.15, 0.2) is 0 Å². The van der Waals surface area contributed by atoms with E-state index in [4.69, 9.17) is 4.74 Å². The highest BCUT2D eigenvalue weighted by atomic mass is 16.5. The Labute approximate surface area is 99.1 Å². The lowest BCUT2D eigenvalue weighted by Crippen LogP contribution is -1.85. The first-order chi connectivity index (χ1) is 7.80. The molecule has 0 aliphatic rings. The molecule has 0 unspecified atom stereocenters. The highest BCUT2D eigenvalue weighted by Crippen LogP contribution is 2.18. The van der Waals surface area contributed by atoms with Crippen molar-refractivity contribution < 1.29 is 4.74 Å². The summed E-state index contributed by atoms with van der Waals surface area (Å²) in [6, 6.07) is 8.26. The van der Waals surface area contributed by atoms with Crippen molar-refractivity contribution in [3.63, 3.8) is 0 Å². The minimum atomic E-state index is 0.921. The second-order valence-corrected chi connectivity index (χ2v) is 4.08. The Kier molecular flexibility index (Phi) is 5.69. The zero-order chi connectivity index (χ0) is 11.8. The van der Waals surface area contributed by atoms with Gasteiger partial charge in [0.05, 0.1) is 7.11 Å². The van der Waals surface area contributed by atoms with E-state index in [0.717, 1.165) is 5.75 Å². The van der Waals surface area contributed by atoms with Crippen molar-refractivity contribution in [3.05, 3.63) is 35.4 Å². The fourth-order valence-electron chi connectivity index (χ4n) is 1.85. The van der Waals surface area contributed by atoms with Gasteiger partial charge >= 0.3 is 0 Å². The summed E-state index contributed by atoms with van der Waals surface area (Å²) >= 11 is 0. The predicted octanol–water partition coefficient (Wildman–Crippen LogP) is 4.68. The first kappa shape index (κ1) is 12.8. The molecule has 1 heteroatoms. The van der Waals surface area contributed by atoms with Crippen LogP contribution in [0.5, 0.6) is 5.75 Å². The van der Waals surface area contributed by atoms with Gasteiger partial charge in [-0.2, -0.15) is 0 Å². The van der Waals surface area contributed by atoms with Crippen LogP contribution in [0.4, 0.5) is 0 Å². The van der Waals surface area contributed by atoms with Gasteiger partial charge in [-0.15, -0.1) is 0 Å². The second kappa shape index (κ2) is 7.10. The summed E-state index contributed by atoms with van der Waals surface area (Å²) in [5.41, 5.74) is 2.83. The Hall–Kier alpha value is -1.24. The maximum Gasteiger partial charge on any atom is 0.118 e. The Morgan fingerprint density at radius 1 is 1.06 bits per heavy atom. The molecular formula is C15H22O. The summed E-state index contributed by atoms with van der Waals surface area (Å²) in [6.45, 7) is 4.47. The third kappa shape index (κ3) is 4.09. The van der Waals surface area contributed by atoms with E-state index in [1.807, 2.05) is 12.1 Å². The Balaban J connectivity index is 2.76. The number of rotatable bonds is 6. The van der Waals surface area contributed by atoms with E-state index in [2.05, 4.69) is 32.1 Å². The molecule has 1 aromatic carbocycles. The average molecular weight is 218 g/mol. The zero-order valence-corrected chi connectivity index (χ0v) is 10.6. The van der Waals surface area contributed by atoms with Gasteiger partial charge in [-0.1, -0.05) is 50.5 Å². The van der Waals surface area contributed by atoms with Crippen LogP contribution in [0.2, 0.25) is 0 Å². The van der Waals surface area contributed by atoms with Crippen molar-refractivity contribution in [2.75, 3.05) is 7.11 Å². The molecule has 0 radical (unpaired) electrons. The predicted molar refractivity (Wildman–Crippen MR) is 70.8 cm³/mol. The molecule has 16 heavy (non-hydrogen) atoms. The van der Waals surface area contributed by atoms with Crippen LogP contribution >= 0.6 is 0 Å². The third-order valence-corrected chi connectivity index (χ3v) is 2.63. The van der Waals surface area contributed by atoms with Crippen molar-refractivity contribution in [2.24, 2.45) is 0 Å². The van der Waals surface area contributed by atoms with Gasteiger partial charge in [-0.05, 0) is 30.5 Å². The number of ether oxygens (including phenoxy) is 1. The van der Waals surface area contributed by atoms with Gasteiger partial charge in [0, 0.05) is 0 Å². The smallest absolute Gasteiger partial charge is 0.118 e. The minimum absolute atomic E-state index is 0.921. The fraction of sp³-hybridized carbons (Fsp3) is 0.467. The molecule has 0 bridgehead atoms. The molecule has 0 aliphatic carbocycles. The molecule has 0 atom stereocenters. The number of hydrogen-bond acceptors (Lipinski definition) is 1. The molecule has 0 saturated heterocycles. The highest BCUT2D eigenvalue weighted by molar-refractivity contribution is 5.53. The van der Waals surface area contributed by atoms with Crippen LogP contribution in [0.15, 0.2) is 29.8 Å². The van der Waals surface area contributed by atoms with E-state index in [-0.39, 0.29) is 0 Å². The number of methoxy groups -OCH3 is 1. The van der Waals surface area contributed by atoms with E-state index >= 15 is 0 Å². The average Bonchev–Trinajstić information content (AvgIpc) is 2.31. The Morgan fingerprint density at radius 3 is 2.06 bits per heavy atom.